The van der Waals surface area contributed by atoms with E-state index in [0.29, 0.717) is 40.0 Å². The highest BCUT2D eigenvalue weighted by atomic mass is 35.5. The van der Waals surface area contributed by atoms with E-state index in [1.54, 1.807) is 10.7 Å². The molecule has 2 heterocycles. The molecule has 1 aromatic carbocycles. The van der Waals surface area contributed by atoms with Gasteiger partial charge in [-0.1, -0.05) is 11.6 Å². The van der Waals surface area contributed by atoms with Gasteiger partial charge in [0.2, 0.25) is 0 Å². The Kier molecular flexibility index (Phi) is 4.70. The number of hydrogen-bond donors (Lipinski definition) is 1. The van der Waals surface area contributed by atoms with E-state index < -0.39 is 0 Å². The van der Waals surface area contributed by atoms with Gasteiger partial charge >= 0.3 is 0 Å². The summed E-state index contributed by atoms with van der Waals surface area (Å²) in [5.74, 6) is 1.04. The highest BCUT2D eigenvalue weighted by molar-refractivity contribution is 6.32. The number of halogens is 1. The van der Waals surface area contributed by atoms with Crippen molar-refractivity contribution in [3.63, 3.8) is 0 Å². The largest absolute Gasteiger partial charge is 0.493 e. The first-order valence-electron chi connectivity index (χ1n) is 8.21. The van der Waals surface area contributed by atoms with Crippen LogP contribution in [0.4, 0.5) is 5.82 Å². The highest BCUT2D eigenvalue weighted by Crippen LogP contribution is 2.38. The zero-order valence-electron chi connectivity index (χ0n) is 15.0. The van der Waals surface area contributed by atoms with Gasteiger partial charge in [0.25, 0.3) is 0 Å². The zero-order valence-corrected chi connectivity index (χ0v) is 15.8. The molecule has 0 bridgehead atoms. The minimum absolute atomic E-state index is 0.231. The van der Waals surface area contributed by atoms with Crippen LogP contribution >= 0.6 is 11.6 Å². The van der Waals surface area contributed by atoms with Gasteiger partial charge < -0.3 is 10.5 Å². The number of fused-ring (bicyclic) bond motifs is 1. The molecule has 2 N–H and O–H groups in total. The molecule has 0 aliphatic heterocycles. The number of rotatable bonds is 4. The molecule has 0 saturated heterocycles. The van der Waals surface area contributed by atoms with Crippen LogP contribution in [0.3, 0.4) is 0 Å². The fourth-order valence-electron chi connectivity index (χ4n) is 3.14. The fraction of sp³-hybridized carbons (Fsp3) is 0.333. The summed E-state index contributed by atoms with van der Waals surface area (Å²) in [6.45, 7) is 8.05. The summed E-state index contributed by atoms with van der Waals surface area (Å²) >= 11 is 6.33. The summed E-state index contributed by atoms with van der Waals surface area (Å²) in [7, 11) is 0. The molecule has 0 aliphatic carbocycles. The van der Waals surface area contributed by atoms with E-state index in [-0.39, 0.29) is 6.04 Å². The van der Waals surface area contributed by atoms with Crippen LogP contribution in [0.15, 0.2) is 12.4 Å². The van der Waals surface area contributed by atoms with Crippen molar-refractivity contribution < 1.29 is 4.74 Å². The third kappa shape index (κ3) is 2.72. The number of anilines is 1. The molecule has 1 unspecified atom stereocenters. The Morgan fingerprint density at radius 2 is 2.12 bits per heavy atom. The number of nitrogens with zero attached hydrogens (tertiary/aromatic N) is 5. The van der Waals surface area contributed by atoms with Gasteiger partial charge in [0.05, 0.1) is 34.3 Å². The first-order chi connectivity index (χ1) is 12.4. The number of nitrogens with two attached hydrogens (primary N) is 1. The SMILES string of the molecule is CCOc1c(C(C)n2nc(C)c3c(N)ncnc32)cc(Cl)c(C#N)c1C. The number of nitrogen functional groups attached to an aromatic ring is 1. The summed E-state index contributed by atoms with van der Waals surface area (Å²) < 4.78 is 7.62. The van der Waals surface area contributed by atoms with E-state index in [1.165, 1.54) is 6.33 Å². The number of aromatic nitrogens is 4. The number of benzene rings is 1. The van der Waals surface area contributed by atoms with Crippen LogP contribution in [0.1, 0.15) is 42.3 Å². The molecule has 7 nitrogen and oxygen atoms in total. The minimum Gasteiger partial charge on any atom is -0.493 e. The lowest BCUT2D eigenvalue weighted by Crippen LogP contribution is -2.13. The van der Waals surface area contributed by atoms with E-state index in [1.807, 2.05) is 27.7 Å². The summed E-state index contributed by atoms with van der Waals surface area (Å²) in [6.07, 6.45) is 1.42. The molecule has 1 atom stereocenters. The monoisotopic (exact) mass is 370 g/mol. The topological polar surface area (TPSA) is 103 Å². The molecular formula is C18H19ClN6O. The quantitative estimate of drug-likeness (QED) is 0.753. The first-order valence-corrected chi connectivity index (χ1v) is 8.59. The van der Waals surface area contributed by atoms with Gasteiger partial charge in [-0.05, 0) is 33.8 Å². The molecule has 134 valence electrons. The average Bonchev–Trinajstić information content (AvgIpc) is 2.95. The van der Waals surface area contributed by atoms with Gasteiger partial charge in [0, 0.05) is 11.1 Å². The smallest absolute Gasteiger partial charge is 0.164 e. The molecular weight excluding hydrogens is 352 g/mol. The van der Waals surface area contributed by atoms with Gasteiger partial charge in [0.1, 0.15) is 24.0 Å². The molecule has 0 fully saturated rings. The molecule has 3 rings (SSSR count). The maximum Gasteiger partial charge on any atom is 0.164 e. The second-order valence-electron chi connectivity index (χ2n) is 5.99. The lowest BCUT2D eigenvalue weighted by atomic mass is 9.99. The highest BCUT2D eigenvalue weighted by Gasteiger charge is 2.24. The van der Waals surface area contributed by atoms with Crippen molar-refractivity contribution in [2.45, 2.75) is 33.7 Å². The van der Waals surface area contributed by atoms with Gasteiger partial charge in [-0.3, -0.25) is 0 Å². The Morgan fingerprint density at radius 1 is 1.38 bits per heavy atom. The van der Waals surface area contributed by atoms with Crippen molar-refractivity contribution >= 4 is 28.5 Å². The Morgan fingerprint density at radius 3 is 2.77 bits per heavy atom. The second kappa shape index (κ2) is 6.81. The van der Waals surface area contributed by atoms with Crippen molar-refractivity contribution in [1.29, 1.82) is 5.26 Å². The average molecular weight is 371 g/mol. The fourth-order valence-corrected chi connectivity index (χ4v) is 3.44. The third-order valence-corrected chi connectivity index (χ3v) is 4.71. The molecule has 8 heteroatoms. The Labute approximate surface area is 156 Å². The third-order valence-electron chi connectivity index (χ3n) is 4.41. The van der Waals surface area contributed by atoms with Crippen LogP contribution in [0.5, 0.6) is 5.75 Å². The first kappa shape index (κ1) is 18.0. The van der Waals surface area contributed by atoms with Gasteiger partial charge in [-0.25, -0.2) is 14.6 Å². The van der Waals surface area contributed by atoms with Gasteiger partial charge in [-0.15, -0.1) is 0 Å². The molecule has 0 aliphatic rings. The molecule has 0 saturated carbocycles. The minimum atomic E-state index is -0.231. The normalized spacial score (nSPS) is 12.2. The Bertz CT molecular complexity index is 1040. The Hall–Kier alpha value is -2.85. The van der Waals surface area contributed by atoms with Crippen LogP contribution in [-0.4, -0.2) is 26.4 Å². The van der Waals surface area contributed by atoms with Crippen molar-refractivity contribution in [3.05, 3.63) is 39.8 Å². The predicted octanol–water partition coefficient (Wildman–Crippen LogP) is 3.56. The standard InChI is InChI=1S/C18H19ClN6O/c1-5-26-16-9(2)13(7-20)14(19)6-12(16)11(4)25-18-15(10(3)24-25)17(21)22-8-23-18/h6,8,11H,5H2,1-4H3,(H2,21,22,23). The predicted molar refractivity (Wildman–Crippen MR) is 100 cm³/mol. The van der Waals surface area contributed by atoms with Crippen LogP contribution in [0, 0.1) is 25.2 Å². The van der Waals surface area contributed by atoms with Crippen molar-refractivity contribution in [3.8, 4) is 11.8 Å². The van der Waals surface area contributed by atoms with E-state index in [2.05, 4.69) is 21.1 Å². The number of aryl methyl sites for hydroxylation is 1. The maximum absolute atomic E-state index is 9.38. The van der Waals surface area contributed by atoms with E-state index in [9.17, 15) is 5.26 Å². The summed E-state index contributed by atoms with van der Waals surface area (Å²) in [4.78, 5) is 8.39. The van der Waals surface area contributed by atoms with E-state index in [0.717, 1.165) is 16.6 Å². The number of nitriles is 1. The molecule has 0 amide bonds. The van der Waals surface area contributed by atoms with Gasteiger partial charge in [0.15, 0.2) is 5.65 Å². The molecule has 26 heavy (non-hydrogen) atoms. The molecule has 0 spiro atoms. The van der Waals surface area contributed by atoms with E-state index in [4.69, 9.17) is 22.1 Å². The van der Waals surface area contributed by atoms with Crippen molar-refractivity contribution in [1.82, 2.24) is 19.7 Å². The molecule has 2 aromatic heterocycles. The maximum atomic E-state index is 9.38. The Balaban J connectivity index is 2.25. The number of hydrogen-bond acceptors (Lipinski definition) is 6. The summed E-state index contributed by atoms with van der Waals surface area (Å²) in [5.41, 5.74) is 9.34. The van der Waals surface area contributed by atoms with Crippen LogP contribution in [0.2, 0.25) is 5.02 Å². The van der Waals surface area contributed by atoms with Crippen molar-refractivity contribution in [2.75, 3.05) is 12.3 Å². The summed E-state index contributed by atoms with van der Waals surface area (Å²) in [5, 5.41) is 15.1. The lowest BCUT2D eigenvalue weighted by molar-refractivity contribution is 0.329. The van der Waals surface area contributed by atoms with Crippen LogP contribution in [-0.2, 0) is 0 Å². The van der Waals surface area contributed by atoms with Crippen LogP contribution in [0.25, 0.3) is 11.0 Å². The second-order valence-corrected chi connectivity index (χ2v) is 6.39. The molecule has 3 aromatic rings. The number of ether oxygens (including phenoxy) is 1. The summed E-state index contributed by atoms with van der Waals surface area (Å²) in [6, 6.07) is 3.67. The molecule has 0 radical (unpaired) electrons. The lowest BCUT2D eigenvalue weighted by Gasteiger charge is -2.20. The van der Waals surface area contributed by atoms with Gasteiger partial charge in [-0.2, -0.15) is 10.4 Å². The zero-order chi connectivity index (χ0) is 19.0. The van der Waals surface area contributed by atoms with Crippen LogP contribution < -0.4 is 10.5 Å². The van der Waals surface area contributed by atoms with Crippen molar-refractivity contribution in [2.24, 2.45) is 0 Å². The van der Waals surface area contributed by atoms with E-state index >= 15 is 0 Å².